The largest absolute Gasteiger partial charge is 0.487 e. The number of nitrogens with zero attached hydrogens (tertiary/aromatic N) is 1. The molecule has 0 bridgehead atoms. The summed E-state index contributed by atoms with van der Waals surface area (Å²) in [6.07, 6.45) is 0. The molecular formula is C13H12ClNO3S. The molecule has 19 heavy (non-hydrogen) atoms. The van der Waals surface area contributed by atoms with Gasteiger partial charge in [-0.05, 0) is 43.3 Å². The lowest BCUT2D eigenvalue weighted by Gasteiger charge is -2.06. The number of halogens is 1. The number of aromatic nitrogens is 1. The maximum Gasteiger partial charge on any atom is 0.261 e. The summed E-state index contributed by atoms with van der Waals surface area (Å²) >= 11 is 0. The molecule has 1 aromatic carbocycles. The smallest absolute Gasteiger partial charge is 0.261 e. The van der Waals surface area contributed by atoms with E-state index in [1.165, 1.54) is 12.1 Å². The van der Waals surface area contributed by atoms with Crippen LogP contribution >= 0.6 is 10.7 Å². The number of hydrogen-bond acceptors (Lipinski definition) is 4. The van der Waals surface area contributed by atoms with Gasteiger partial charge in [0.05, 0.1) is 10.6 Å². The highest BCUT2D eigenvalue weighted by molar-refractivity contribution is 8.13. The summed E-state index contributed by atoms with van der Waals surface area (Å²) in [6, 6.07) is 11.6. The van der Waals surface area contributed by atoms with Crippen molar-refractivity contribution in [3.05, 3.63) is 53.9 Å². The van der Waals surface area contributed by atoms with Crippen molar-refractivity contribution in [1.82, 2.24) is 4.98 Å². The van der Waals surface area contributed by atoms with Gasteiger partial charge in [0, 0.05) is 16.4 Å². The molecule has 0 saturated carbocycles. The Morgan fingerprint density at radius 1 is 1.16 bits per heavy atom. The van der Waals surface area contributed by atoms with Crippen LogP contribution in [0.1, 0.15) is 11.4 Å². The van der Waals surface area contributed by atoms with Crippen LogP contribution in [0.2, 0.25) is 0 Å². The fraction of sp³-hybridized carbons (Fsp3) is 0.154. The van der Waals surface area contributed by atoms with E-state index in [4.69, 9.17) is 15.4 Å². The van der Waals surface area contributed by atoms with Crippen molar-refractivity contribution in [1.29, 1.82) is 0 Å². The molecule has 0 aliphatic carbocycles. The van der Waals surface area contributed by atoms with Crippen LogP contribution in [-0.2, 0) is 15.7 Å². The first-order valence-electron chi connectivity index (χ1n) is 5.55. The van der Waals surface area contributed by atoms with Gasteiger partial charge in [0.25, 0.3) is 9.05 Å². The Morgan fingerprint density at radius 2 is 1.84 bits per heavy atom. The van der Waals surface area contributed by atoms with E-state index in [2.05, 4.69) is 4.98 Å². The van der Waals surface area contributed by atoms with E-state index in [0.29, 0.717) is 12.4 Å². The zero-order valence-corrected chi connectivity index (χ0v) is 11.8. The van der Waals surface area contributed by atoms with Gasteiger partial charge in [-0.15, -0.1) is 0 Å². The molecule has 0 fully saturated rings. The van der Waals surface area contributed by atoms with Crippen molar-refractivity contribution in [2.75, 3.05) is 0 Å². The Hall–Kier alpha value is -1.59. The van der Waals surface area contributed by atoms with Gasteiger partial charge >= 0.3 is 0 Å². The molecule has 0 aliphatic rings. The van der Waals surface area contributed by atoms with Crippen molar-refractivity contribution in [2.45, 2.75) is 18.4 Å². The first-order valence-corrected chi connectivity index (χ1v) is 7.86. The predicted octanol–water partition coefficient (Wildman–Crippen LogP) is 2.90. The maximum atomic E-state index is 11.1. The second kappa shape index (κ2) is 5.59. The average Bonchev–Trinajstić information content (AvgIpc) is 2.36. The second-order valence-corrected chi connectivity index (χ2v) is 6.53. The Bertz CT molecular complexity index is 669. The molecule has 0 N–H and O–H groups in total. The molecule has 2 rings (SSSR count). The van der Waals surface area contributed by atoms with Crippen molar-refractivity contribution in [3.8, 4) is 5.75 Å². The summed E-state index contributed by atoms with van der Waals surface area (Å²) in [5.74, 6) is 0.562. The number of hydrogen-bond donors (Lipinski definition) is 0. The molecule has 0 spiro atoms. The second-order valence-electron chi connectivity index (χ2n) is 3.97. The average molecular weight is 298 g/mol. The number of aryl methyl sites for hydroxylation is 1. The SMILES string of the molecule is Cc1cccc(COc2ccc(S(=O)(=O)Cl)cc2)n1. The van der Waals surface area contributed by atoms with Crippen LogP contribution in [0.4, 0.5) is 0 Å². The van der Waals surface area contributed by atoms with Gasteiger partial charge < -0.3 is 4.74 Å². The minimum Gasteiger partial charge on any atom is -0.487 e. The lowest BCUT2D eigenvalue weighted by molar-refractivity contribution is 0.301. The van der Waals surface area contributed by atoms with Crippen LogP contribution in [0.3, 0.4) is 0 Å². The molecule has 0 aliphatic heterocycles. The zero-order chi connectivity index (χ0) is 13.9. The fourth-order valence-corrected chi connectivity index (χ4v) is 2.31. The monoisotopic (exact) mass is 297 g/mol. The van der Waals surface area contributed by atoms with Gasteiger partial charge in [-0.3, -0.25) is 4.98 Å². The minimum atomic E-state index is -3.69. The van der Waals surface area contributed by atoms with E-state index >= 15 is 0 Å². The third-order valence-electron chi connectivity index (χ3n) is 2.44. The lowest BCUT2D eigenvalue weighted by atomic mass is 10.3. The number of pyridine rings is 1. The van der Waals surface area contributed by atoms with E-state index in [1.54, 1.807) is 12.1 Å². The highest BCUT2D eigenvalue weighted by Crippen LogP contribution is 2.19. The van der Waals surface area contributed by atoms with Crippen LogP contribution in [0.5, 0.6) is 5.75 Å². The molecule has 1 heterocycles. The van der Waals surface area contributed by atoms with Crippen LogP contribution < -0.4 is 4.74 Å². The van der Waals surface area contributed by atoms with E-state index in [9.17, 15) is 8.42 Å². The summed E-state index contributed by atoms with van der Waals surface area (Å²) in [5, 5.41) is 0. The Balaban J connectivity index is 2.05. The van der Waals surface area contributed by atoms with Crippen LogP contribution in [-0.4, -0.2) is 13.4 Å². The fourth-order valence-electron chi connectivity index (χ4n) is 1.54. The molecule has 0 atom stereocenters. The maximum absolute atomic E-state index is 11.1. The molecule has 2 aromatic rings. The van der Waals surface area contributed by atoms with E-state index in [-0.39, 0.29) is 4.90 Å². The van der Waals surface area contributed by atoms with E-state index in [1.807, 2.05) is 25.1 Å². The van der Waals surface area contributed by atoms with Crippen LogP contribution in [0, 0.1) is 6.92 Å². The van der Waals surface area contributed by atoms with Gasteiger partial charge in [-0.2, -0.15) is 0 Å². The van der Waals surface area contributed by atoms with E-state index in [0.717, 1.165) is 11.4 Å². The zero-order valence-electron chi connectivity index (χ0n) is 10.2. The molecule has 4 nitrogen and oxygen atoms in total. The lowest BCUT2D eigenvalue weighted by Crippen LogP contribution is -1.99. The Labute approximate surface area is 116 Å². The number of benzene rings is 1. The molecular weight excluding hydrogens is 286 g/mol. The van der Waals surface area contributed by atoms with Gasteiger partial charge in [-0.25, -0.2) is 8.42 Å². The molecule has 1 aromatic heterocycles. The van der Waals surface area contributed by atoms with Crippen molar-refractivity contribution in [2.24, 2.45) is 0 Å². The van der Waals surface area contributed by atoms with Crippen LogP contribution in [0.25, 0.3) is 0 Å². The number of ether oxygens (including phenoxy) is 1. The van der Waals surface area contributed by atoms with Gasteiger partial charge in [0.2, 0.25) is 0 Å². The van der Waals surface area contributed by atoms with Crippen LogP contribution in [0.15, 0.2) is 47.4 Å². The van der Waals surface area contributed by atoms with Gasteiger partial charge in [0.1, 0.15) is 12.4 Å². The van der Waals surface area contributed by atoms with Crippen molar-refractivity contribution < 1.29 is 13.2 Å². The number of rotatable bonds is 4. The summed E-state index contributed by atoms with van der Waals surface area (Å²) in [4.78, 5) is 4.35. The first-order chi connectivity index (χ1) is 8.95. The molecule has 0 amide bonds. The van der Waals surface area contributed by atoms with Crippen molar-refractivity contribution in [3.63, 3.8) is 0 Å². The Kier molecular flexibility index (Phi) is 4.07. The van der Waals surface area contributed by atoms with Crippen molar-refractivity contribution >= 4 is 19.7 Å². The normalized spacial score (nSPS) is 11.3. The standard InChI is InChI=1S/C13H12ClNO3S/c1-10-3-2-4-11(15-10)9-18-12-5-7-13(8-6-12)19(14,16)17/h2-8H,9H2,1H3. The molecule has 0 unspecified atom stereocenters. The highest BCUT2D eigenvalue weighted by Gasteiger charge is 2.09. The third-order valence-corrected chi connectivity index (χ3v) is 3.81. The highest BCUT2D eigenvalue weighted by atomic mass is 35.7. The quantitative estimate of drug-likeness (QED) is 0.814. The molecule has 0 radical (unpaired) electrons. The molecule has 6 heteroatoms. The third kappa shape index (κ3) is 3.94. The molecule has 100 valence electrons. The van der Waals surface area contributed by atoms with Gasteiger partial charge in [0.15, 0.2) is 0 Å². The topological polar surface area (TPSA) is 56.3 Å². The Morgan fingerprint density at radius 3 is 2.42 bits per heavy atom. The predicted molar refractivity (Wildman–Crippen MR) is 72.8 cm³/mol. The molecule has 0 saturated heterocycles. The summed E-state index contributed by atoms with van der Waals surface area (Å²) in [6.45, 7) is 2.23. The van der Waals surface area contributed by atoms with Gasteiger partial charge in [-0.1, -0.05) is 6.07 Å². The summed E-state index contributed by atoms with van der Waals surface area (Å²) in [5.41, 5.74) is 1.73. The summed E-state index contributed by atoms with van der Waals surface area (Å²) < 4.78 is 27.7. The summed E-state index contributed by atoms with van der Waals surface area (Å²) in [7, 11) is 1.53. The van der Waals surface area contributed by atoms with E-state index < -0.39 is 9.05 Å². The first kappa shape index (κ1) is 13.8. The minimum absolute atomic E-state index is 0.0511.